The second-order valence-electron chi connectivity index (χ2n) is 7.10. The van der Waals surface area contributed by atoms with E-state index in [1.54, 1.807) is 22.9 Å². The Kier molecular flexibility index (Phi) is 5.44. The molecule has 0 spiro atoms. The second-order valence-corrected chi connectivity index (χ2v) is 8.93. The fourth-order valence-corrected chi connectivity index (χ4v) is 5.70. The molecule has 8 nitrogen and oxygen atoms in total. The molecule has 1 saturated carbocycles. The van der Waals surface area contributed by atoms with Crippen molar-refractivity contribution in [1.82, 2.24) is 0 Å². The van der Waals surface area contributed by atoms with Gasteiger partial charge in [0.1, 0.15) is 10.0 Å². The number of anilines is 2. The van der Waals surface area contributed by atoms with Gasteiger partial charge in [-0.2, -0.15) is 0 Å². The molecule has 0 aliphatic heterocycles. The highest BCUT2D eigenvalue weighted by Gasteiger charge is 2.51. The molecule has 2 aromatic heterocycles. The van der Waals surface area contributed by atoms with Gasteiger partial charge in [-0.3, -0.25) is 14.4 Å². The van der Waals surface area contributed by atoms with E-state index in [1.165, 1.54) is 29.8 Å². The van der Waals surface area contributed by atoms with Crippen molar-refractivity contribution >= 4 is 56.4 Å². The Labute approximate surface area is 179 Å². The van der Waals surface area contributed by atoms with E-state index in [1.807, 2.05) is 12.2 Å². The largest absolute Gasteiger partial charge is 0.481 e. The van der Waals surface area contributed by atoms with Gasteiger partial charge in [0.25, 0.3) is 5.91 Å². The number of carboxylic acid groups (broad SMARTS) is 1. The van der Waals surface area contributed by atoms with E-state index >= 15 is 0 Å². The number of rotatable bonds is 6. The average Bonchev–Trinajstić information content (AvgIpc) is 3.50. The number of esters is 1. The van der Waals surface area contributed by atoms with Crippen molar-refractivity contribution < 1.29 is 29.0 Å². The third kappa shape index (κ3) is 3.52. The first kappa shape index (κ1) is 20.3. The summed E-state index contributed by atoms with van der Waals surface area (Å²) in [6.07, 6.45) is 4.43. The molecule has 0 aromatic carbocycles. The molecular weight excluding hydrogens is 428 g/mol. The van der Waals surface area contributed by atoms with Gasteiger partial charge >= 0.3 is 11.9 Å². The molecule has 2 bridgehead atoms. The molecular formula is C20H18N2O6S2. The van der Waals surface area contributed by atoms with Crippen molar-refractivity contribution in [2.75, 3.05) is 17.7 Å². The Balaban J connectivity index is 1.50. The monoisotopic (exact) mass is 446 g/mol. The zero-order valence-electron chi connectivity index (χ0n) is 15.8. The SMILES string of the molecule is COC(=O)c1ccsc1NC(=O)c1ccsc1NC(=O)[C@H]1[C@@H](C(=O)O)[C@H]2C=C[C@@H]1C2. The van der Waals surface area contributed by atoms with Gasteiger partial charge in [0.2, 0.25) is 5.91 Å². The zero-order valence-corrected chi connectivity index (χ0v) is 17.4. The fraction of sp³-hybridized carbons (Fsp3) is 0.300. The van der Waals surface area contributed by atoms with Crippen molar-refractivity contribution in [3.63, 3.8) is 0 Å². The molecule has 2 amide bonds. The Bertz CT molecular complexity index is 1060. The quantitative estimate of drug-likeness (QED) is 0.462. The topological polar surface area (TPSA) is 122 Å². The minimum absolute atomic E-state index is 0.109. The number of nitrogens with one attached hydrogen (secondary N) is 2. The normalized spacial score (nSPS) is 23.9. The fourth-order valence-electron chi connectivity index (χ4n) is 4.14. The number of hydrogen-bond donors (Lipinski definition) is 3. The van der Waals surface area contributed by atoms with Crippen LogP contribution in [0, 0.1) is 23.7 Å². The number of allylic oxidation sites excluding steroid dienone is 2. The number of carbonyl (C=O) groups is 4. The van der Waals surface area contributed by atoms with E-state index in [4.69, 9.17) is 4.74 Å². The predicted molar refractivity (Wildman–Crippen MR) is 112 cm³/mol. The van der Waals surface area contributed by atoms with Crippen LogP contribution in [0.25, 0.3) is 0 Å². The second kappa shape index (κ2) is 8.04. The Morgan fingerprint density at radius 2 is 1.57 bits per heavy atom. The van der Waals surface area contributed by atoms with Crippen molar-refractivity contribution in [3.8, 4) is 0 Å². The summed E-state index contributed by atoms with van der Waals surface area (Å²) in [5.41, 5.74) is 0.484. The van der Waals surface area contributed by atoms with Gasteiger partial charge in [-0.25, -0.2) is 4.79 Å². The predicted octanol–water partition coefficient (Wildman–Crippen LogP) is 3.31. The van der Waals surface area contributed by atoms with Crippen LogP contribution in [-0.4, -0.2) is 36.0 Å². The molecule has 2 aromatic rings. The molecule has 0 radical (unpaired) electrons. The van der Waals surface area contributed by atoms with Crippen molar-refractivity contribution in [1.29, 1.82) is 0 Å². The van der Waals surface area contributed by atoms with Crippen LogP contribution in [0.1, 0.15) is 27.1 Å². The van der Waals surface area contributed by atoms with Crippen molar-refractivity contribution in [2.45, 2.75) is 6.42 Å². The number of carboxylic acids is 1. The molecule has 3 N–H and O–H groups in total. The zero-order chi connectivity index (χ0) is 21.4. The summed E-state index contributed by atoms with van der Waals surface area (Å²) in [5, 5.41) is 19.0. The van der Waals surface area contributed by atoms with Crippen LogP contribution >= 0.6 is 22.7 Å². The maximum Gasteiger partial charge on any atom is 0.340 e. The smallest absolute Gasteiger partial charge is 0.340 e. The third-order valence-corrected chi connectivity index (χ3v) is 7.15. The van der Waals surface area contributed by atoms with E-state index in [2.05, 4.69) is 10.6 Å². The molecule has 4 atom stereocenters. The highest BCUT2D eigenvalue weighted by molar-refractivity contribution is 7.15. The summed E-state index contributed by atoms with van der Waals surface area (Å²) in [6, 6.07) is 3.12. The van der Waals surface area contributed by atoms with Crippen molar-refractivity contribution in [2.24, 2.45) is 23.7 Å². The third-order valence-electron chi connectivity index (χ3n) is 5.49. The number of fused-ring (bicyclic) bond motifs is 2. The molecule has 10 heteroatoms. The summed E-state index contributed by atoms with van der Waals surface area (Å²) >= 11 is 2.36. The molecule has 4 rings (SSSR count). The molecule has 2 aliphatic carbocycles. The number of hydrogen-bond acceptors (Lipinski definition) is 7. The van der Waals surface area contributed by atoms with E-state index in [-0.39, 0.29) is 23.0 Å². The summed E-state index contributed by atoms with van der Waals surface area (Å²) in [4.78, 5) is 49.1. The molecule has 0 saturated heterocycles. The number of ether oxygens (including phenoxy) is 1. The molecule has 0 unspecified atom stereocenters. The van der Waals surface area contributed by atoms with Gasteiger partial charge in [-0.1, -0.05) is 12.2 Å². The molecule has 30 heavy (non-hydrogen) atoms. The van der Waals surface area contributed by atoms with E-state index in [9.17, 15) is 24.3 Å². The Morgan fingerprint density at radius 1 is 0.967 bits per heavy atom. The molecule has 156 valence electrons. The van der Waals surface area contributed by atoms with Crippen LogP contribution in [0.2, 0.25) is 0 Å². The number of methoxy groups -OCH3 is 1. The molecule has 2 aliphatic rings. The van der Waals surface area contributed by atoms with Crippen LogP contribution in [0.5, 0.6) is 0 Å². The van der Waals surface area contributed by atoms with Gasteiger partial charge in [0, 0.05) is 0 Å². The first-order valence-corrected chi connectivity index (χ1v) is 10.9. The first-order chi connectivity index (χ1) is 14.4. The lowest BCUT2D eigenvalue weighted by Gasteiger charge is -2.23. The Hall–Kier alpha value is -2.98. The number of thiophene rings is 2. The maximum absolute atomic E-state index is 12.9. The standard InChI is InChI=1S/C20H18N2O6S2/c1-28-20(27)12-5-7-30-18(12)21-15(23)11-4-6-29-17(11)22-16(24)13-9-2-3-10(8-9)14(13)19(25)26/h2-7,9-10,13-14H,8H2,1H3,(H,21,23)(H,22,24)(H,25,26)/t9-,10+,13-,14+/m1/s1. The lowest BCUT2D eigenvalue weighted by atomic mass is 9.82. The molecule has 1 fully saturated rings. The summed E-state index contributed by atoms with van der Waals surface area (Å²) in [6.45, 7) is 0. The van der Waals surface area contributed by atoms with Crippen LogP contribution in [0.3, 0.4) is 0 Å². The lowest BCUT2D eigenvalue weighted by Crippen LogP contribution is -2.36. The minimum Gasteiger partial charge on any atom is -0.481 e. The highest BCUT2D eigenvalue weighted by Crippen LogP contribution is 2.48. The molecule has 2 heterocycles. The summed E-state index contributed by atoms with van der Waals surface area (Å²) in [7, 11) is 1.26. The highest BCUT2D eigenvalue weighted by atomic mass is 32.1. The van der Waals surface area contributed by atoms with E-state index in [0.717, 1.165) is 0 Å². The maximum atomic E-state index is 12.9. The van der Waals surface area contributed by atoms with Gasteiger partial charge in [0.15, 0.2) is 0 Å². The minimum atomic E-state index is -0.982. The Morgan fingerprint density at radius 3 is 2.20 bits per heavy atom. The van der Waals surface area contributed by atoms with Gasteiger partial charge in [-0.05, 0) is 41.1 Å². The first-order valence-electron chi connectivity index (χ1n) is 9.17. The summed E-state index contributed by atoms with van der Waals surface area (Å²) in [5.74, 6) is -4.10. The number of aliphatic carboxylic acids is 1. The summed E-state index contributed by atoms with van der Waals surface area (Å²) < 4.78 is 4.70. The number of amides is 2. The van der Waals surface area contributed by atoms with E-state index in [0.29, 0.717) is 16.4 Å². The van der Waals surface area contributed by atoms with E-state index < -0.39 is 35.6 Å². The van der Waals surface area contributed by atoms with Crippen molar-refractivity contribution in [3.05, 3.63) is 46.2 Å². The van der Waals surface area contributed by atoms with Crippen LogP contribution in [0.15, 0.2) is 35.0 Å². The average molecular weight is 447 g/mol. The van der Waals surface area contributed by atoms with Crippen LogP contribution in [0.4, 0.5) is 10.0 Å². The van der Waals surface area contributed by atoms with Crippen LogP contribution in [-0.2, 0) is 14.3 Å². The van der Waals surface area contributed by atoms with Gasteiger partial charge < -0.3 is 20.5 Å². The number of carbonyl (C=O) groups excluding carboxylic acids is 3. The lowest BCUT2D eigenvalue weighted by molar-refractivity contribution is -0.146. The van der Waals surface area contributed by atoms with Crippen LogP contribution < -0.4 is 10.6 Å². The van der Waals surface area contributed by atoms with Gasteiger partial charge in [0.05, 0.1) is 30.1 Å². The van der Waals surface area contributed by atoms with Gasteiger partial charge in [-0.15, -0.1) is 22.7 Å².